The molecule has 2 rings (SSSR count). The summed E-state index contributed by atoms with van der Waals surface area (Å²) in [5.74, 6) is 0.198. The molecule has 62 valence electrons. The van der Waals surface area contributed by atoms with Crippen LogP contribution in [0.2, 0.25) is 0 Å². The highest BCUT2D eigenvalue weighted by atomic mass is 16.6. The SMILES string of the molecule is O=c1[nH]c2c([nH]c1=O)OC=CO2. The Morgan fingerprint density at radius 3 is 1.75 bits per heavy atom. The number of aromatic nitrogens is 2. The Hall–Kier alpha value is -1.98. The third-order valence-electron chi connectivity index (χ3n) is 1.29. The highest BCUT2D eigenvalue weighted by Gasteiger charge is 2.10. The summed E-state index contributed by atoms with van der Waals surface area (Å²) in [6.45, 7) is 0. The number of ether oxygens (including phenoxy) is 2. The zero-order valence-corrected chi connectivity index (χ0v) is 5.79. The Kier molecular flexibility index (Phi) is 1.26. The fraction of sp³-hybridized carbons (Fsp3) is 0. The number of H-pyrrole nitrogens is 2. The number of fused-ring (bicyclic) bond motifs is 1. The summed E-state index contributed by atoms with van der Waals surface area (Å²) in [4.78, 5) is 25.9. The van der Waals surface area contributed by atoms with E-state index in [1.54, 1.807) is 0 Å². The van der Waals surface area contributed by atoms with Gasteiger partial charge >= 0.3 is 11.1 Å². The topological polar surface area (TPSA) is 84.2 Å². The molecule has 1 aromatic heterocycles. The maximum Gasteiger partial charge on any atom is 0.316 e. The van der Waals surface area contributed by atoms with Crippen molar-refractivity contribution >= 4 is 0 Å². The average molecular weight is 168 g/mol. The lowest BCUT2D eigenvalue weighted by Gasteiger charge is -2.09. The Balaban J connectivity index is 2.68. The van der Waals surface area contributed by atoms with E-state index in [2.05, 4.69) is 9.97 Å². The van der Waals surface area contributed by atoms with Crippen LogP contribution in [0.5, 0.6) is 11.8 Å². The van der Waals surface area contributed by atoms with Gasteiger partial charge in [0.1, 0.15) is 12.5 Å². The Morgan fingerprint density at radius 2 is 1.33 bits per heavy atom. The maximum absolute atomic E-state index is 10.7. The van der Waals surface area contributed by atoms with Crippen LogP contribution in [-0.2, 0) is 0 Å². The molecule has 6 heteroatoms. The number of hydrogen-bond donors (Lipinski definition) is 2. The van der Waals surface area contributed by atoms with Gasteiger partial charge in [0.05, 0.1) is 0 Å². The molecule has 0 saturated carbocycles. The molecular weight excluding hydrogens is 164 g/mol. The monoisotopic (exact) mass is 168 g/mol. The normalized spacial score (nSPS) is 13.0. The second kappa shape index (κ2) is 2.26. The molecule has 2 heterocycles. The second-order valence-electron chi connectivity index (χ2n) is 2.07. The van der Waals surface area contributed by atoms with Crippen molar-refractivity contribution < 1.29 is 9.47 Å². The fourth-order valence-electron chi connectivity index (χ4n) is 0.791. The first-order valence-electron chi connectivity index (χ1n) is 3.12. The molecule has 0 atom stereocenters. The van der Waals surface area contributed by atoms with Gasteiger partial charge in [0.25, 0.3) is 11.8 Å². The predicted octanol–water partition coefficient (Wildman–Crippen LogP) is -0.694. The highest BCUT2D eigenvalue weighted by molar-refractivity contribution is 5.27. The average Bonchev–Trinajstić information content (AvgIpc) is 2.07. The minimum atomic E-state index is -0.771. The van der Waals surface area contributed by atoms with E-state index in [-0.39, 0.29) is 11.8 Å². The standard InChI is InChI=1S/C6H4N2O4/c9-3-4(10)8-6-5(7-3)11-1-2-12-6/h1-2H,(H,7,9)(H,8,10). The van der Waals surface area contributed by atoms with Crippen molar-refractivity contribution in [3.63, 3.8) is 0 Å². The molecule has 0 saturated heterocycles. The van der Waals surface area contributed by atoms with E-state index in [1.165, 1.54) is 12.5 Å². The van der Waals surface area contributed by atoms with Gasteiger partial charge in [-0.25, -0.2) is 0 Å². The van der Waals surface area contributed by atoms with Crippen molar-refractivity contribution in [1.82, 2.24) is 9.97 Å². The third-order valence-corrected chi connectivity index (χ3v) is 1.29. The molecule has 0 amide bonds. The largest absolute Gasteiger partial charge is 0.441 e. The van der Waals surface area contributed by atoms with Crippen LogP contribution in [0, 0.1) is 0 Å². The first-order chi connectivity index (χ1) is 5.77. The summed E-state index contributed by atoms with van der Waals surface area (Å²) >= 11 is 0. The van der Waals surface area contributed by atoms with Crippen molar-refractivity contribution in [3.05, 3.63) is 33.2 Å². The van der Waals surface area contributed by atoms with Gasteiger partial charge < -0.3 is 9.47 Å². The van der Waals surface area contributed by atoms with Crippen molar-refractivity contribution in [2.75, 3.05) is 0 Å². The van der Waals surface area contributed by atoms with Crippen molar-refractivity contribution in [2.24, 2.45) is 0 Å². The summed E-state index contributed by atoms with van der Waals surface area (Å²) in [5.41, 5.74) is -1.54. The molecule has 0 unspecified atom stereocenters. The third kappa shape index (κ3) is 0.895. The van der Waals surface area contributed by atoms with E-state index < -0.39 is 11.1 Å². The first kappa shape index (κ1) is 6.71. The van der Waals surface area contributed by atoms with Crippen LogP contribution in [0.15, 0.2) is 22.1 Å². The Morgan fingerprint density at radius 1 is 0.917 bits per heavy atom. The molecule has 12 heavy (non-hydrogen) atoms. The molecule has 0 spiro atoms. The summed E-state index contributed by atoms with van der Waals surface area (Å²) in [5, 5.41) is 0. The van der Waals surface area contributed by atoms with E-state index in [1.807, 2.05) is 0 Å². The van der Waals surface area contributed by atoms with E-state index in [0.29, 0.717) is 0 Å². The van der Waals surface area contributed by atoms with E-state index in [9.17, 15) is 9.59 Å². The Bertz CT molecular complexity index is 401. The fourth-order valence-corrected chi connectivity index (χ4v) is 0.791. The summed E-state index contributed by atoms with van der Waals surface area (Å²) < 4.78 is 9.66. The number of hydrogen-bond acceptors (Lipinski definition) is 4. The van der Waals surface area contributed by atoms with Gasteiger partial charge in [-0.15, -0.1) is 0 Å². The van der Waals surface area contributed by atoms with Crippen molar-refractivity contribution in [3.8, 4) is 11.8 Å². The molecular formula is C6H4N2O4. The van der Waals surface area contributed by atoms with Crippen LogP contribution in [0.4, 0.5) is 0 Å². The molecule has 0 fully saturated rings. The molecule has 1 aromatic rings. The lowest BCUT2D eigenvalue weighted by molar-refractivity contribution is 0.335. The molecule has 2 N–H and O–H groups in total. The molecule has 1 aliphatic rings. The summed E-state index contributed by atoms with van der Waals surface area (Å²) in [7, 11) is 0. The lowest BCUT2D eigenvalue weighted by atomic mass is 10.6. The molecule has 6 nitrogen and oxygen atoms in total. The second-order valence-corrected chi connectivity index (χ2v) is 2.07. The van der Waals surface area contributed by atoms with Crippen LogP contribution in [0.25, 0.3) is 0 Å². The number of aromatic amines is 2. The number of rotatable bonds is 0. The quantitative estimate of drug-likeness (QED) is 0.502. The highest BCUT2D eigenvalue weighted by Crippen LogP contribution is 2.20. The lowest BCUT2D eigenvalue weighted by Crippen LogP contribution is -2.30. The van der Waals surface area contributed by atoms with Crippen molar-refractivity contribution in [1.29, 1.82) is 0 Å². The van der Waals surface area contributed by atoms with Crippen LogP contribution >= 0.6 is 0 Å². The summed E-state index contributed by atoms with van der Waals surface area (Å²) in [6, 6.07) is 0. The minimum absolute atomic E-state index is 0.0992. The maximum atomic E-state index is 10.7. The molecule has 0 bridgehead atoms. The van der Waals surface area contributed by atoms with Gasteiger partial charge in [-0.05, 0) is 0 Å². The zero-order valence-electron chi connectivity index (χ0n) is 5.79. The minimum Gasteiger partial charge on any atom is -0.441 e. The first-order valence-corrected chi connectivity index (χ1v) is 3.12. The molecule has 0 radical (unpaired) electrons. The zero-order chi connectivity index (χ0) is 8.55. The van der Waals surface area contributed by atoms with Gasteiger partial charge in [0, 0.05) is 0 Å². The smallest absolute Gasteiger partial charge is 0.316 e. The van der Waals surface area contributed by atoms with Crippen LogP contribution in [-0.4, -0.2) is 9.97 Å². The molecule has 1 aliphatic heterocycles. The van der Waals surface area contributed by atoms with Gasteiger partial charge in [-0.1, -0.05) is 0 Å². The molecule has 0 aliphatic carbocycles. The summed E-state index contributed by atoms with van der Waals surface area (Å²) in [6.07, 6.45) is 2.49. The predicted molar refractivity (Wildman–Crippen MR) is 38.1 cm³/mol. The van der Waals surface area contributed by atoms with Gasteiger partial charge in [-0.2, -0.15) is 0 Å². The van der Waals surface area contributed by atoms with Crippen molar-refractivity contribution in [2.45, 2.75) is 0 Å². The van der Waals surface area contributed by atoms with Gasteiger partial charge in [-0.3, -0.25) is 19.6 Å². The van der Waals surface area contributed by atoms with Crippen LogP contribution in [0.1, 0.15) is 0 Å². The van der Waals surface area contributed by atoms with Crippen LogP contribution in [0.3, 0.4) is 0 Å². The van der Waals surface area contributed by atoms with Crippen LogP contribution < -0.4 is 20.6 Å². The van der Waals surface area contributed by atoms with E-state index in [4.69, 9.17) is 9.47 Å². The van der Waals surface area contributed by atoms with E-state index in [0.717, 1.165) is 0 Å². The van der Waals surface area contributed by atoms with Gasteiger partial charge in [0.2, 0.25) is 0 Å². The van der Waals surface area contributed by atoms with E-state index >= 15 is 0 Å². The number of nitrogens with one attached hydrogen (secondary N) is 2. The van der Waals surface area contributed by atoms with Gasteiger partial charge in [0.15, 0.2) is 0 Å². The Labute approximate surface area is 65.5 Å². The molecule has 0 aromatic carbocycles.